The van der Waals surface area contributed by atoms with E-state index in [0.717, 1.165) is 40.4 Å². The Morgan fingerprint density at radius 2 is 1.81 bits per heavy atom. The molecule has 1 aliphatic carbocycles. The molecule has 1 saturated carbocycles. The molecule has 1 fully saturated rings. The molecular weight excluding hydrogens is 412 g/mol. The van der Waals surface area contributed by atoms with Crippen molar-refractivity contribution in [1.82, 2.24) is 9.88 Å². The van der Waals surface area contributed by atoms with Gasteiger partial charge < -0.3 is 14.4 Å². The van der Waals surface area contributed by atoms with Crippen LogP contribution in [0.1, 0.15) is 35.1 Å². The van der Waals surface area contributed by atoms with Gasteiger partial charge in [-0.3, -0.25) is 4.79 Å². The van der Waals surface area contributed by atoms with Crippen molar-refractivity contribution >= 4 is 28.4 Å². The van der Waals surface area contributed by atoms with Crippen LogP contribution >= 0.6 is 11.6 Å². The van der Waals surface area contributed by atoms with Crippen LogP contribution < -0.4 is 9.47 Å². The molecule has 0 atom stereocenters. The number of methoxy groups -OCH3 is 2. The molecule has 0 radical (unpaired) electrons. The summed E-state index contributed by atoms with van der Waals surface area (Å²) in [6, 6.07) is 12.0. The highest BCUT2D eigenvalue weighted by atomic mass is 35.5. The molecule has 1 aromatic heterocycles. The quantitative estimate of drug-likeness (QED) is 0.459. The molecule has 0 spiro atoms. The summed E-state index contributed by atoms with van der Waals surface area (Å²) in [6.45, 7) is 4.99. The van der Waals surface area contributed by atoms with Gasteiger partial charge in [0.2, 0.25) is 5.91 Å². The molecule has 0 bridgehead atoms. The molecule has 6 heteroatoms. The van der Waals surface area contributed by atoms with Crippen LogP contribution in [0.5, 0.6) is 11.5 Å². The summed E-state index contributed by atoms with van der Waals surface area (Å²) >= 11 is 6.56. The minimum absolute atomic E-state index is 0.108. The number of benzene rings is 2. The van der Waals surface area contributed by atoms with Gasteiger partial charge in [-0.05, 0) is 62.1 Å². The van der Waals surface area contributed by atoms with Gasteiger partial charge in [0.05, 0.1) is 19.7 Å². The minimum Gasteiger partial charge on any atom is -0.493 e. The molecule has 31 heavy (non-hydrogen) atoms. The van der Waals surface area contributed by atoms with Crippen molar-refractivity contribution in [3.05, 3.63) is 63.8 Å². The Kier molecular flexibility index (Phi) is 6.05. The lowest BCUT2D eigenvalue weighted by Crippen LogP contribution is -2.31. The highest BCUT2D eigenvalue weighted by Crippen LogP contribution is 2.34. The topological polar surface area (TPSA) is 51.7 Å². The van der Waals surface area contributed by atoms with Crippen molar-refractivity contribution in [2.45, 2.75) is 39.8 Å². The van der Waals surface area contributed by atoms with Crippen molar-refractivity contribution in [2.75, 3.05) is 14.2 Å². The molecule has 0 N–H and O–H groups in total. The Hall–Kier alpha value is -2.79. The van der Waals surface area contributed by atoms with E-state index in [1.165, 1.54) is 5.56 Å². The molecule has 2 aromatic carbocycles. The molecule has 0 saturated heterocycles. The molecule has 0 unspecified atom stereocenters. The van der Waals surface area contributed by atoms with Crippen molar-refractivity contribution in [3.63, 3.8) is 0 Å². The van der Waals surface area contributed by atoms with Crippen molar-refractivity contribution in [3.8, 4) is 11.5 Å². The Morgan fingerprint density at radius 1 is 1.06 bits per heavy atom. The summed E-state index contributed by atoms with van der Waals surface area (Å²) in [5.41, 5.74) is 5.01. The fourth-order valence-electron chi connectivity index (χ4n) is 3.99. The van der Waals surface area contributed by atoms with E-state index in [1.54, 1.807) is 14.2 Å². The number of hydrogen-bond acceptors (Lipinski definition) is 4. The molecule has 1 amide bonds. The summed E-state index contributed by atoms with van der Waals surface area (Å²) in [5, 5.41) is 1.49. The highest BCUT2D eigenvalue weighted by Gasteiger charge is 2.34. The Labute approximate surface area is 187 Å². The number of carbonyl (C=O) groups excluding carboxylic acids is 1. The van der Waals surface area contributed by atoms with Crippen LogP contribution in [-0.4, -0.2) is 30.0 Å². The number of ether oxygens (including phenoxy) is 2. The minimum atomic E-state index is 0.108. The zero-order valence-electron chi connectivity index (χ0n) is 18.4. The van der Waals surface area contributed by atoms with E-state index in [2.05, 4.69) is 30.1 Å². The van der Waals surface area contributed by atoms with Crippen LogP contribution in [0, 0.1) is 19.8 Å². The van der Waals surface area contributed by atoms with Gasteiger partial charge in [-0.15, -0.1) is 0 Å². The molecule has 3 aromatic rings. The van der Waals surface area contributed by atoms with Gasteiger partial charge in [0.25, 0.3) is 0 Å². The first-order valence-corrected chi connectivity index (χ1v) is 10.8. The number of aromatic nitrogens is 1. The van der Waals surface area contributed by atoms with Gasteiger partial charge >= 0.3 is 0 Å². The fraction of sp³-hybridized carbons (Fsp3) is 0.360. The van der Waals surface area contributed by atoms with Gasteiger partial charge in [-0.2, -0.15) is 0 Å². The third-order valence-electron chi connectivity index (χ3n) is 5.70. The number of nitrogens with zero attached hydrogens (tertiary/aromatic N) is 2. The number of rotatable bonds is 7. The standard InChI is InChI=1S/C25H27ClN2O3/c1-15-9-16(2)23-19(10-15)12-20(24(26)27-23)14-28(25(29)18-6-7-18)13-17-5-8-21(30-3)22(11-17)31-4/h5,8-12,18H,6-7,13-14H2,1-4H3. The predicted octanol–water partition coefficient (Wildman–Crippen LogP) is 5.46. The van der Waals surface area contributed by atoms with E-state index in [1.807, 2.05) is 30.0 Å². The first-order chi connectivity index (χ1) is 14.9. The second-order valence-electron chi connectivity index (χ2n) is 8.25. The van der Waals surface area contributed by atoms with E-state index in [-0.39, 0.29) is 11.8 Å². The summed E-state index contributed by atoms with van der Waals surface area (Å²) in [5.74, 6) is 1.58. The van der Waals surface area contributed by atoms with Crippen molar-refractivity contribution < 1.29 is 14.3 Å². The zero-order chi connectivity index (χ0) is 22.1. The number of hydrogen-bond donors (Lipinski definition) is 0. The van der Waals surface area contributed by atoms with Crippen LogP contribution in [-0.2, 0) is 17.9 Å². The average molecular weight is 439 g/mol. The second kappa shape index (κ2) is 8.75. The van der Waals surface area contributed by atoms with Gasteiger partial charge in [0, 0.05) is 30.0 Å². The Bertz CT molecular complexity index is 1140. The van der Waals surface area contributed by atoms with Crippen LogP contribution in [0.4, 0.5) is 0 Å². The normalized spacial score (nSPS) is 13.3. The van der Waals surface area contributed by atoms with Crippen LogP contribution in [0.25, 0.3) is 10.9 Å². The SMILES string of the molecule is COc1ccc(CN(Cc2cc3cc(C)cc(C)c3nc2Cl)C(=O)C2CC2)cc1OC. The summed E-state index contributed by atoms with van der Waals surface area (Å²) in [6.07, 6.45) is 1.90. The van der Waals surface area contributed by atoms with E-state index in [0.29, 0.717) is 29.7 Å². The van der Waals surface area contributed by atoms with E-state index >= 15 is 0 Å². The van der Waals surface area contributed by atoms with E-state index in [9.17, 15) is 4.79 Å². The average Bonchev–Trinajstić information content (AvgIpc) is 3.59. The molecule has 1 heterocycles. The van der Waals surface area contributed by atoms with Gasteiger partial charge in [0.1, 0.15) is 5.15 Å². The van der Waals surface area contributed by atoms with Crippen molar-refractivity contribution in [1.29, 1.82) is 0 Å². The van der Waals surface area contributed by atoms with Gasteiger partial charge in [-0.25, -0.2) is 4.98 Å². The lowest BCUT2D eigenvalue weighted by atomic mass is 10.0. The Balaban J connectivity index is 1.66. The number of fused-ring (bicyclic) bond motifs is 1. The lowest BCUT2D eigenvalue weighted by Gasteiger charge is -2.24. The fourth-order valence-corrected chi connectivity index (χ4v) is 4.19. The smallest absolute Gasteiger partial charge is 0.226 e. The monoisotopic (exact) mass is 438 g/mol. The second-order valence-corrected chi connectivity index (χ2v) is 8.61. The third kappa shape index (κ3) is 4.62. The Morgan fingerprint density at radius 3 is 2.48 bits per heavy atom. The van der Waals surface area contributed by atoms with Crippen LogP contribution in [0.2, 0.25) is 5.15 Å². The first-order valence-electron chi connectivity index (χ1n) is 10.5. The molecule has 1 aliphatic rings. The van der Waals surface area contributed by atoms with E-state index < -0.39 is 0 Å². The molecule has 5 nitrogen and oxygen atoms in total. The number of pyridine rings is 1. The molecule has 4 rings (SSSR count). The number of amides is 1. The first kappa shape index (κ1) is 21.4. The zero-order valence-corrected chi connectivity index (χ0v) is 19.1. The molecule has 162 valence electrons. The predicted molar refractivity (Wildman–Crippen MR) is 123 cm³/mol. The van der Waals surface area contributed by atoms with Crippen molar-refractivity contribution in [2.24, 2.45) is 5.92 Å². The largest absolute Gasteiger partial charge is 0.493 e. The van der Waals surface area contributed by atoms with Crippen LogP contribution in [0.15, 0.2) is 36.4 Å². The highest BCUT2D eigenvalue weighted by molar-refractivity contribution is 6.30. The van der Waals surface area contributed by atoms with Crippen LogP contribution in [0.3, 0.4) is 0 Å². The third-order valence-corrected chi connectivity index (χ3v) is 6.03. The van der Waals surface area contributed by atoms with Gasteiger partial charge in [-0.1, -0.05) is 29.3 Å². The lowest BCUT2D eigenvalue weighted by molar-refractivity contribution is -0.133. The maximum atomic E-state index is 13.1. The number of halogens is 1. The maximum absolute atomic E-state index is 13.1. The molecule has 0 aliphatic heterocycles. The summed E-state index contributed by atoms with van der Waals surface area (Å²) in [7, 11) is 3.22. The molecular formula is C25H27ClN2O3. The summed E-state index contributed by atoms with van der Waals surface area (Å²) in [4.78, 5) is 19.6. The maximum Gasteiger partial charge on any atom is 0.226 e. The number of aryl methyl sites for hydroxylation is 2. The van der Waals surface area contributed by atoms with E-state index in [4.69, 9.17) is 21.1 Å². The van der Waals surface area contributed by atoms with Gasteiger partial charge in [0.15, 0.2) is 11.5 Å². The number of carbonyl (C=O) groups is 1. The summed E-state index contributed by atoms with van der Waals surface area (Å²) < 4.78 is 10.8.